The highest BCUT2D eigenvalue weighted by Gasteiger charge is 2.46. The van der Waals surface area contributed by atoms with Gasteiger partial charge in [-0.3, -0.25) is 4.72 Å². The van der Waals surface area contributed by atoms with Crippen molar-refractivity contribution in [3.8, 4) is 11.1 Å². The third kappa shape index (κ3) is 5.32. The molecule has 2 N–H and O–H groups in total. The number of alkyl halides is 6. The SMILES string of the molecule is O=S(=O)(Nc1ccccc1-c1ccc2nc(/C=C/c3ccc(C(F)(F)F)cc3)[nH]c2c1)C(F)(F)F. The summed E-state index contributed by atoms with van der Waals surface area (Å²) in [5, 5.41) is 0. The van der Waals surface area contributed by atoms with Gasteiger partial charge in [-0.05, 0) is 47.5 Å². The van der Waals surface area contributed by atoms with Crippen LogP contribution in [0.3, 0.4) is 0 Å². The van der Waals surface area contributed by atoms with E-state index in [1.165, 1.54) is 30.3 Å². The monoisotopic (exact) mass is 511 g/mol. The number of rotatable bonds is 5. The summed E-state index contributed by atoms with van der Waals surface area (Å²) in [7, 11) is -5.61. The Morgan fingerprint density at radius 1 is 0.857 bits per heavy atom. The molecule has 0 spiro atoms. The van der Waals surface area contributed by atoms with Crippen LogP contribution < -0.4 is 4.72 Å². The Bertz CT molecular complexity index is 1510. The number of nitrogens with zero attached hydrogens (tertiary/aromatic N) is 1. The minimum Gasteiger partial charge on any atom is -0.338 e. The van der Waals surface area contributed by atoms with Gasteiger partial charge in [-0.1, -0.05) is 42.5 Å². The molecule has 0 fully saturated rings. The molecule has 1 aromatic heterocycles. The van der Waals surface area contributed by atoms with Crippen LogP contribution in [0.15, 0.2) is 66.7 Å². The molecule has 0 aliphatic carbocycles. The van der Waals surface area contributed by atoms with Crippen molar-refractivity contribution < 1.29 is 34.8 Å². The number of para-hydroxylation sites is 1. The van der Waals surface area contributed by atoms with E-state index in [0.29, 0.717) is 28.0 Å². The second-order valence-corrected chi connectivity index (χ2v) is 9.08. The van der Waals surface area contributed by atoms with Crippen molar-refractivity contribution in [3.63, 3.8) is 0 Å². The number of hydrogen-bond donors (Lipinski definition) is 2. The second kappa shape index (κ2) is 8.77. The maximum absolute atomic E-state index is 12.8. The third-order valence-corrected chi connectivity index (χ3v) is 6.06. The summed E-state index contributed by atoms with van der Waals surface area (Å²) in [5.74, 6) is 0.392. The molecule has 0 saturated carbocycles. The average molecular weight is 511 g/mol. The van der Waals surface area contributed by atoms with Gasteiger partial charge < -0.3 is 4.98 Å². The topological polar surface area (TPSA) is 74.8 Å². The number of fused-ring (bicyclic) bond motifs is 1. The van der Waals surface area contributed by atoms with Crippen LogP contribution in [0, 0.1) is 0 Å². The number of nitrogens with one attached hydrogen (secondary N) is 2. The minimum atomic E-state index is -5.61. The zero-order valence-corrected chi connectivity index (χ0v) is 18.3. The van der Waals surface area contributed by atoms with E-state index in [1.54, 1.807) is 41.1 Å². The maximum atomic E-state index is 12.8. The number of hydrogen-bond acceptors (Lipinski definition) is 3. The Hall–Kier alpha value is -3.80. The van der Waals surface area contributed by atoms with E-state index in [2.05, 4.69) is 9.97 Å². The van der Waals surface area contributed by atoms with Crippen molar-refractivity contribution in [3.05, 3.63) is 83.7 Å². The normalized spacial score (nSPS) is 13.0. The summed E-state index contributed by atoms with van der Waals surface area (Å²) in [6.07, 6.45) is -1.29. The molecule has 5 nitrogen and oxygen atoms in total. The Balaban J connectivity index is 1.61. The molecule has 0 aliphatic heterocycles. The number of halogens is 6. The lowest BCUT2D eigenvalue weighted by Gasteiger charge is -2.14. The number of H-pyrrole nitrogens is 1. The number of benzene rings is 3. The van der Waals surface area contributed by atoms with E-state index in [4.69, 9.17) is 0 Å². The molecule has 0 atom stereocenters. The van der Waals surface area contributed by atoms with Crippen LogP contribution in [-0.4, -0.2) is 23.9 Å². The molecule has 4 rings (SSSR count). The third-order valence-electron chi connectivity index (χ3n) is 4.96. The highest BCUT2D eigenvalue weighted by Crippen LogP contribution is 2.33. The van der Waals surface area contributed by atoms with Crippen LogP contribution in [0.5, 0.6) is 0 Å². The van der Waals surface area contributed by atoms with Crippen molar-refractivity contribution in [2.75, 3.05) is 4.72 Å². The highest BCUT2D eigenvalue weighted by molar-refractivity contribution is 7.93. The molecule has 182 valence electrons. The van der Waals surface area contributed by atoms with Gasteiger partial charge in [0.05, 0.1) is 22.3 Å². The molecule has 0 saturated heterocycles. The molecule has 0 radical (unpaired) electrons. The first kappa shape index (κ1) is 24.3. The van der Waals surface area contributed by atoms with Crippen LogP contribution in [-0.2, 0) is 16.2 Å². The van der Waals surface area contributed by atoms with Crippen LogP contribution in [0.1, 0.15) is 17.0 Å². The van der Waals surface area contributed by atoms with E-state index in [1.807, 2.05) is 0 Å². The quantitative estimate of drug-likeness (QED) is 0.294. The Labute approximate surface area is 195 Å². The van der Waals surface area contributed by atoms with E-state index < -0.39 is 27.3 Å². The van der Waals surface area contributed by atoms with Gasteiger partial charge >= 0.3 is 21.7 Å². The summed E-state index contributed by atoms with van der Waals surface area (Å²) in [6, 6.07) is 15.0. The molecule has 0 aliphatic rings. The zero-order valence-electron chi connectivity index (χ0n) is 17.4. The summed E-state index contributed by atoms with van der Waals surface area (Å²) < 4.78 is 101. The summed E-state index contributed by atoms with van der Waals surface area (Å²) in [6.45, 7) is 0. The number of sulfonamides is 1. The summed E-state index contributed by atoms with van der Waals surface area (Å²) in [4.78, 5) is 7.36. The Morgan fingerprint density at radius 2 is 1.54 bits per heavy atom. The zero-order chi connectivity index (χ0) is 25.4. The number of aromatic amines is 1. The van der Waals surface area contributed by atoms with Crippen molar-refractivity contribution in [1.82, 2.24) is 9.97 Å². The van der Waals surface area contributed by atoms with Gasteiger partial charge in [0.15, 0.2) is 0 Å². The van der Waals surface area contributed by atoms with Crippen LogP contribution in [0.4, 0.5) is 32.0 Å². The number of imidazole rings is 1. The van der Waals surface area contributed by atoms with E-state index in [0.717, 1.165) is 12.1 Å². The first-order valence-corrected chi connectivity index (χ1v) is 11.4. The van der Waals surface area contributed by atoms with Crippen LogP contribution >= 0.6 is 0 Å². The summed E-state index contributed by atoms with van der Waals surface area (Å²) >= 11 is 0. The lowest BCUT2D eigenvalue weighted by Crippen LogP contribution is -2.30. The fourth-order valence-electron chi connectivity index (χ4n) is 3.26. The molecular formula is C23H15F6N3O2S. The molecule has 0 unspecified atom stereocenters. The number of aromatic nitrogens is 2. The largest absolute Gasteiger partial charge is 0.516 e. The Kier molecular flexibility index (Phi) is 6.09. The first-order valence-electron chi connectivity index (χ1n) is 9.87. The molecule has 35 heavy (non-hydrogen) atoms. The predicted octanol–water partition coefficient (Wildman–Crippen LogP) is 6.68. The fourth-order valence-corrected chi connectivity index (χ4v) is 3.84. The molecule has 4 aromatic rings. The van der Waals surface area contributed by atoms with Crippen molar-refractivity contribution >= 4 is 38.9 Å². The summed E-state index contributed by atoms with van der Waals surface area (Å²) in [5.41, 5.74) is -4.27. The van der Waals surface area contributed by atoms with E-state index >= 15 is 0 Å². The smallest absolute Gasteiger partial charge is 0.338 e. The molecule has 0 amide bonds. The fraction of sp³-hybridized carbons (Fsp3) is 0.0870. The number of anilines is 1. The lowest BCUT2D eigenvalue weighted by atomic mass is 10.0. The van der Waals surface area contributed by atoms with Gasteiger partial charge in [0.25, 0.3) is 0 Å². The minimum absolute atomic E-state index is 0.221. The molecule has 3 aromatic carbocycles. The molecule has 0 bridgehead atoms. The molecule has 12 heteroatoms. The van der Waals surface area contributed by atoms with E-state index in [9.17, 15) is 34.8 Å². The van der Waals surface area contributed by atoms with Crippen molar-refractivity contribution in [2.24, 2.45) is 0 Å². The van der Waals surface area contributed by atoms with Gasteiger partial charge in [-0.2, -0.15) is 34.8 Å². The van der Waals surface area contributed by atoms with Gasteiger partial charge in [-0.15, -0.1) is 0 Å². The van der Waals surface area contributed by atoms with Crippen LogP contribution in [0.25, 0.3) is 34.3 Å². The Morgan fingerprint density at radius 3 is 2.20 bits per heavy atom. The maximum Gasteiger partial charge on any atom is 0.516 e. The predicted molar refractivity (Wildman–Crippen MR) is 120 cm³/mol. The standard InChI is InChI=1S/C23H15F6N3O2S/c24-22(25,26)16-9-5-14(6-10-16)7-12-21-30-19-11-8-15(13-20(19)31-21)17-3-1-2-4-18(17)32-35(33,34)23(27,28)29/h1-13,32H,(H,30,31)/b12-7+. The average Bonchev–Trinajstić information content (AvgIpc) is 3.19. The lowest BCUT2D eigenvalue weighted by molar-refractivity contribution is -0.137. The van der Waals surface area contributed by atoms with Gasteiger partial charge in [0.2, 0.25) is 0 Å². The van der Waals surface area contributed by atoms with Gasteiger partial charge in [-0.25, -0.2) is 4.98 Å². The van der Waals surface area contributed by atoms with E-state index in [-0.39, 0.29) is 11.3 Å². The van der Waals surface area contributed by atoms with Crippen molar-refractivity contribution in [2.45, 2.75) is 11.7 Å². The first-order chi connectivity index (χ1) is 16.3. The highest BCUT2D eigenvalue weighted by atomic mass is 32.2. The molecular weight excluding hydrogens is 496 g/mol. The van der Waals surface area contributed by atoms with Crippen LogP contribution in [0.2, 0.25) is 0 Å². The molecule has 1 heterocycles. The van der Waals surface area contributed by atoms with Gasteiger partial charge in [0.1, 0.15) is 5.82 Å². The van der Waals surface area contributed by atoms with Gasteiger partial charge in [0, 0.05) is 5.56 Å². The second-order valence-electron chi connectivity index (χ2n) is 7.40. The van der Waals surface area contributed by atoms with Crippen molar-refractivity contribution in [1.29, 1.82) is 0 Å².